The van der Waals surface area contributed by atoms with Gasteiger partial charge in [0.25, 0.3) is 0 Å². The highest BCUT2D eigenvalue weighted by atomic mass is 127. The van der Waals surface area contributed by atoms with Crippen molar-refractivity contribution >= 4 is 51.7 Å². The number of hydrogen-bond acceptors (Lipinski definition) is 5. The number of benzene rings is 1. The van der Waals surface area contributed by atoms with Gasteiger partial charge in [-0.2, -0.15) is 0 Å². The van der Waals surface area contributed by atoms with Gasteiger partial charge in [-0.3, -0.25) is 0 Å². The number of hydrogen-bond donors (Lipinski definition) is 2. The van der Waals surface area contributed by atoms with E-state index in [4.69, 9.17) is 5.11 Å². The summed E-state index contributed by atoms with van der Waals surface area (Å²) in [4.78, 5) is 22.1. The lowest BCUT2D eigenvalue weighted by atomic mass is 10.1. The topological polar surface area (TPSA) is 78.8 Å². The minimum absolute atomic E-state index is 0.107. The third-order valence-corrected chi connectivity index (χ3v) is 3.60. The maximum Gasteiger partial charge on any atom is 0.336 e. The Morgan fingerprint density at radius 2 is 2.31 bits per heavy atom. The Hall–Kier alpha value is -0.830. The Labute approximate surface area is 110 Å². The molecule has 0 unspecified atom stereocenters. The predicted molar refractivity (Wildman–Crippen MR) is 73.1 cm³/mol. The molecule has 0 aliphatic heterocycles. The molecule has 0 atom stereocenters. The zero-order valence-electron chi connectivity index (χ0n) is 8.36. The number of nitroso groups, excluding NO2 is 1. The van der Waals surface area contributed by atoms with Gasteiger partial charge in [-0.15, -0.1) is 16.7 Å². The third kappa shape index (κ3) is 2.85. The Bertz CT molecular complexity index is 425. The summed E-state index contributed by atoms with van der Waals surface area (Å²) in [7, 11) is 1.66. The van der Waals surface area contributed by atoms with Crippen molar-refractivity contribution in [3.05, 3.63) is 22.6 Å². The number of nitrogens with one attached hydrogen (secondary N) is 1. The Morgan fingerprint density at radius 1 is 1.62 bits per heavy atom. The molecule has 0 aliphatic carbocycles. The monoisotopic (exact) mass is 352 g/mol. The highest BCUT2D eigenvalue weighted by molar-refractivity contribution is 14.1. The van der Waals surface area contributed by atoms with E-state index in [1.807, 2.05) is 0 Å². The van der Waals surface area contributed by atoms with Gasteiger partial charge in [0.15, 0.2) is 0 Å². The summed E-state index contributed by atoms with van der Waals surface area (Å²) in [6.07, 6.45) is 0. The fourth-order valence-electron chi connectivity index (χ4n) is 1.19. The van der Waals surface area contributed by atoms with Crippen LogP contribution in [0.15, 0.2) is 22.2 Å². The normalized spacial score (nSPS) is 9.88. The predicted octanol–water partition coefficient (Wildman–Crippen LogP) is 3.31. The molecule has 86 valence electrons. The van der Waals surface area contributed by atoms with E-state index in [1.165, 1.54) is 17.8 Å². The van der Waals surface area contributed by atoms with Gasteiger partial charge in [-0.1, -0.05) is 22.6 Å². The van der Waals surface area contributed by atoms with Crippen LogP contribution in [0.3, 0.4) is 0 Å². The van der Waals surface area contributed by atoms with E-state index in [1.54, 1.807) is 13.1 Å². The van der Waals surface area contributed by atoms with Gasteiger partial charge in [0.05, 0.1) is 15.0 Å². The number of aromatic carboxylic acids is 1. The molecule has 0 saturated carbocycles. The molecule has 16 heavy (non-hydrogen) atoms. The van der Waals surface area contributed by atoms with Crippen LogP contribution < -0.4 is 5.32 Å². The van der Waals surface area contributed by atoms with Crippen molar-refractivity contribution in [2.45, 2.75) is 4.90 Å². The maximum absolute atomic E-state index is 11.0. The second kappa shape index (κ2) is 6.04. The van der Waals surface area contributed by atoms with Gasteiger partial charge in [-0.05, 0) is 17.3 Å². The number of carbonyl (C=O) groups is 1. The first-order valence-electron chi connectivity index (χ1n) is 4.25. The van der Waals surface area contributed by atoms with Crippen LogP contribution in [0.5, 0.6) is 0 Å². The number of carboxylic acid groups (broad SMARTS) is 1. The average Bonchev–Trinajstić information content (AvgIpc) is 2.28. The molecule has 7 heteroatoms. The number of nitrogens with zero attached hydrogens (tertiary/aromatic N) is 1. The average molecular weight is 352 g/mol. The highest BCUT2D eigenvalue weighted by Crippen LogP contribution is 2.34. The smallest absolute Gasteiger partial charge is 0.336 e. The first-order chi connectivity index (χ1) is 7.63. The van der Waals surface area contributed by atoms with Crippen LogP contribution in [-0.4, -0.2) is 21.9 Å². The van der Waals surface area contributed by atoms with E-state index in [2.05, 4.69) is 33.1 Å². The molecule has 0 bridgehead atoms. The van der Waals surface area contributed by atoms with Crippen molar-refractivity contribution < 1.29 is 9.90 Å². The molecular weight excluding hydrogens is 343 g/mol. The Balaban J connectivity index is 3.34. The molecule has 1 aromatic carbocycles. The van der Waals surface area contributed by atoms with Gasteiger partial charge in [0.2, 0.25) is 0 Å². The van der Waals surface area contributed by atoms with E-state index in [-0.39, 0.29) is 11.3 Å². The fraction of sp³-hybridized carbons (Fsp3) is 0.222. The second-order valence-electron chi connectivity index (χ2n) is 2.77. The summed E-state index contributed by atoms with van der Waals surface area (Å²) in [5.74, 6) is -1.06. The van der Waals surface area contributed by atoms with E-state index in [9.17, 15) is 9.70 Å². The largest absolute Gasteiger partial charge is 0.478 e. The van der Waals surface area contributed by atoms with Gasteiger partial charge >= 0.3 is 5.97 Å². The number of anilines is 1. The first kappa shape index (κ1) is 13.2. The van der Waals surface area contributed by atoms with E-state index in [0.717, 1.165) is 3.76 Å². The van der Waals surface area contributed by atoms with Crippen LogP contribution in [0, 0.1) is 4.91 Å². The summed E-state index contributed by atoms with van der Waals surface area (Å²) < 4.78 is 0.731. The zero-order valence-corrected chi connectivity index (χ0v) is 11.3. The lowest BCUT2D eigenvalue weighted by molar-refractivity contribution is 0.0693. The van der Waals surface area contributed by atoms with Crippen LogP contribution in [0.4, 0.5) is 11.4 Å². The second-order valence-corrected chi connectivity index (χ2v) is 5.58. The van der Waals surface area contributed by atoms with Crippen LogP contribution >= 0.6 is 34.4 Å². The molecule has 0 spiro atoms. The van der Waals surface area contributed by atoms with E-state index >= 15 is 0 Å². The molecule has 5 nitrogen and oxygen atoms in total. The minimum atomic E-state index is -1.06. The van der Waals surface area contributed by atoms with Gasteiger partial charge in [0.1, 0.15) is 5.69 Å². The molecule has 2 N–H and O–H groups in total. The van der Waals surface area contributed by atoms with Crippen LogP contribution in [0.1, 0.15) is 10.4 Å². The number of carboxylic acids is 1. The van der Waals surface area contributed by atoms with Crippen molar-refractivity contribution in [3.8, 4) is 0 Å². The molecule has 1 aromatic rings. The quantitative estimate of drug-likeness (QED) is 0.368. The molecule has 0 heterocycles. The lowest BCUT2D eigenvalue weighted by Gasteiger charge is -2.09. The SMILES string of the molecule is CNc1cc(SCI)c(C(=O)O)cc1N=O. The number of rotatable bonds is 5. The number of halogens is 1. The molecule has 0 radical (unpaired) electrons. The highest BCUT2D eigenvalue weighted by Gasteiger charge is 2.15. The summed E-state index contributed by atoms with van der Waals surface area (Å²) in [5.41, 5.74) is 0.750. The first-order valence-corrected chi connectivity index (χ1v) is 6.76. The fourth-order valence-corrected chi connectivity index (χ4v) is 2.82. The van der Waals surface area contributed by atoms with Crippen molar-refractivity contribution in [2.24, 2.45) is 5.18 Å². The van der Waals surface area contributed by atoms with Crippen LogP contribution in [0.25, 0.3) is 0 Å². The number of thioether (sulfide) groups is 1. The summed E-state index contributed by atoms with van der Waals surface area (Å²) >= 11 is 3.54. The molecule has 0 saturated heterocycles. The minimum Gasteiger partial charge on any atom is -0.478 e. The standard InChI is InChI=1S/C9H9IN2O3S/c1-11-6-3-8(16-4-10)5(9(13)14)2-7(6)12-15/h2-3,11H,4H2,1H3,(H,13,14). The summed E-state index contributed by atoms with van der Waals surface area (Å²) in [6, 6.07) is 2.92. The Kier molecular flexibility index (Phi) is 5.00. The molecular formula is C9H9IN2O3S. The Morgan fingerprint density at radius 3 is 2.75 bits per heavy atom. The van der Waals surface area contributed by atoms with Crippen LogP contribution in [-0.2, 0) is 0 Å². The molecule has 0 aliphatic rings. The summed E-state index contributed by atoms with van der Waals surface area (Å²) in [6.45, 7) is 0. The molecule has 0 amide bonds. The molecule has 1 rings (SSSR count). The van der Waals surface area contributed by atoms with Crippen LogP contribution in [0.2, 0.25) is 0 Å². The third-order valence-electron chi connectivity index (χ3n) is 1.91. The van der Waals surface area contributed by atoms with Crippen molar-refractivity contribution in [3.63, 3.8) is 0 Å². The van der Waals surface area contributed by atoms with Gasteiger partial charge in [0, 0.05) is 11.9 Å². The summed E-state index contributed by atoms with van der Waals surface area (Å²) in [5, 5.41) is 14.6. The van der Waals surface area contributed by atoms with Gasteiger partial charge < -0.3 is 10.4 Å². The molecule has 0 fully saturated rings. The zero-order chi connectivity index (χ0) is 12.1. The number of alkyl halides is 1. The van der Waals surface area contributed by atoms with Crippen molar-refractivity contribution in [1.82, 2.24) is 0 Å². The van der Waals surface area contributed by atoms with E-state index in [0.29, 0.717) is 10.6 Å². The van der Waals surface area contributed by atoms with E-state index < -0.39 is 5.97 Å². The lowest BCUT2D eigenvalue weighted by Crippen LogP contribution is -2.00. The maximum atomic E-state index is 11.0. The van der Waals surface area contributed by atoms with Crippen molar-refractivity contribution in [2.75, 3.05) is 16.1 Å². The van der Waals surface area contributed by atoms with Gasteiger partial charge in [-0.25, -0.2) is 4.79 Å². The molecule has 0 aromatic heterocycles. The van der Waals surface area contributed by atoms with Crippen molar-refractivity contribution in [1.29, 1.82) is 0 Å².